The normalized spacial score (nSPS) is 11.9. The van der Waals surface area contributed by atoms with Crippen LogP contribution in [0.15, 0.2) is 180 Å². The molecule has 274 valence electrons. The molecule has 0 radical (unpaired) electrons. The van der Waals surface area contributed by atoms with Gasteiger partial charge in [-0.2, -0.15) is 0 Å². The van der Waals surface area contributed by atoms with Gasteiger partial charge in [0.05, 0.1) is 11.9 Å². The molecule has 58 heavy (non-hydrogen) atoms. The Morgan fingerprint density at radius 3 is 1.84 bits per heavy atom. The lowest BCUT2D eigenvalue weighted by Crippen LogP contribution is -2.03. The third kappa shape index (κ3) is 5.33. The number of para-hydroxylation sites is 1. The van der Waals surface area contributed by atoms with Gasteiger partial charge < -0.3 is 4.42 Å². The maximum Gasteiger partial charge on any atom is 0.136 e. The second-order valence-electron chi connectivity index (χ2n) is 15.2. The molecule has 0 saturated carbocycles. The quantitative estimate of drug-likeness (QED) is 0.170. The minimum atomic E-state index is 0.744. The van der Waals surface area contributed by atoms with E-state index >= 15 is 0 Å². The Labute approximate surface area is 337 Å². The van der Waals surface area contributed by atoms with E-state index in [0.717, 1.165) is 89.7 Å². The molecule has 2 aromatic heterocycles. The number of hydrogen-bond donors (Lipinski definition) is 0. The zero-order valence-corrected chi connectivity index (χ0v) is 32.2. The first-order valence-corrected chi connectivity index (χ1v) is 19.8. The molecule has 0 fully saturated rings. The van der Waals surface area contributed by atoms with E-state index in [1.807, 2.05) is 6.07 Å². The van der Waals surface area contributed by atoms with Crippen molar-refractivity contribution in [2.24, 2.45) is 0 Å². The highest BCUT2D eigenvalue weighted by molar-refractivity contribution is 6.21. The molecule has 0 spiro atoms. The number of fused-ring (bicyclic) bond motifs is 6. The number of hydrogen-bond acceptors (Lipinski definition) is 4. The molecule has 10 aromatic rings. The monoisotopic (exact) mass is 743 g/mol. The molecule has 0 amide bonds. The first-order valence-electron chi connectivity index (χ1n) is 19.8. The predicted molar refractivity (Wildman–Crippen MR) is 237 cm³/mol. The van der Waals surface area contributed by atoms with Crippen LogP contribution in [0.3, 0.4) is 0 Å². The van der Waals surface area contributed by atoms with E-state index in [1.54, 1.807) is 6.20 Å². The Hall–Kier alpha value is -7.43. The van der Waals surface area contributed by atoms with Crippen LogP contribution in [0.25, 0.3) is 100.0 Å². The highest BCUT2D eigenvalue weighted by Gasteiger charge is 2.31. The summed E-state index contributed by atoms with van der Waals surface area (Å²) in [7, 11) is 0. The zero-order valence-electron chi connectivity index (χ0n) is 32.2. The van der Waals surface area contributed by atoms with Crippen LogP contribution in [0.4, 0.5) is 0 Å². The van der Waals surface area contributed by atoms with E-state index in [4.69, 9.17) is 9.52 Å². The topological polar surface area (TPSA) is 51.8 Å². The third-order valence-electron chi connectivity index (χ3n) is 12.0. The van der Waals surface area contributed by atoms with Gasteiger partial charge in [0.2, 0.25) is 0 Å². The van der Waals surface area contributed by atoms with Crippen molar-refractivity contribution in [1.29, 1.82) is 0 Å². The molecule has 4 heteroatoms. The molecule has 0 saturated heterocycles. The summed E-state index contributed by atoms with van der Waals surface area (Å²) in [6.45, 7) is 4.54. The van der Waals surface area contributed by atoms with Gasteiger partial charge in [-0.25, -0.2) is 0 Å². The smallest absolute Gasteiger partial charge is 0.136 e. The molecular weight excluding hydrogens is 707 g/mol. The fourth-order valence-corrected chi connectivity index (χ4v) is 9.34. The average Bonchev–Trinajstić information content (AvgIpc) is 3.85. The van der Waals surface area contributed by atoms with Gasteiger partial charge in [-0.15, -0.1) is 10.2 Å². The van der Waals surface area contributed by atoms with Gasteiger partial charge in [-0.3, -0.25) is 0 Å². The minimum Gasteiger partial charge on any atom is -0.456 e. The summed E-state index contributed by atoms with van der Waals surface area (Å²) in [6, 6.07) is 60.8. The highest BCUT2D eigenvalue weighted by atomic mass is 16.3. The van der Waals surface area contributed by atoms with Crippen molar-refractivity contribution in [3.63, 3.8) is 0 Å². The molecule has 0 unspecified atom stereocenters. The zero-order chi connectivity index (χ0) is 38.7. The van der Waals surface area contributed by atoms with Gasteiger partial charge in [0.25, 0.3) is 0 Å². The van der Waals surface area contributed by atoms with Crippen molar-refractivity contribution in [3.05, 3.63) is 198 Å². The van der Waals surface area contributed by atoms with Gasteiger partial charge in [0.15, 0.2) is 0 Å². The number of nitrogens with zero attached hydrogens (tertiary/aromatic N) is 3. The van der Waals surface area contributed by atoms with Crippen molar-refractivity contribution < 1.29 is 4.42 Å². The summed E-state index contributed by atoms with van der Waals surface area (Å²) in [5.74, 6) is 0. The summed E-state index contributed by atoms with van der Waals surface area (Å²) in [5, 5.41) is 15.5. The Balaban J connectivity index is 1.40. The van der Waals surface area contributed by atoms with Crippen LogP contribution < -0.4 is 0 Å². The molecular formula is C54H37N3O. The highest BCUT2D eigenvalue weighted by Crippen LogP contribution is 2.56. The van der Waals surface area contributed by atoms with Crippen LogP contribution >= 0.6 is 0 Å². The second kappa shape index (κ2) is 13.6. The number of furan rings is 1. The fourth-order valence-electron chi connectivity index (χ4n) is 9.34. The molecule has 2 heterocycles. The van der Waals surface area contributed by atoms with Gasteiger partial charge >= 0.3 is 0 Å². The van der Waals surface area contributed by atoms with Crippen molar-refractivity contribution >= 4 is 21.9 Å². The van der Waals surface area contributed by atoms with Crippen molar-refractivity contribution in [3.8, 4) is 78.0 Å². The van der Waals surface area contributed by atoms with E-state index < -0.39 is 0 Å². The molecule has 0 atom stereocenters. The van der Waals surface area contributed by atoms with Crippen LogP contribution in [0.5, 0.6) is 0 Å². The number of benzene rings is 8. The number of aryl methyl sites for hydroxylation is 1. The van der Waals surface area contributed by atoms with Crippen molar-refractivity contribution in [2.75, 3.05) is 0 Å². The average molecular weight is 744 g/mol. The van der Waals surface area contributed by atoms with Gasteiger partial charge in [0.1, 0.15) is 11.2 Å². The standard InChI is InChI=1S/C54H37N3O/c1-33-30-44-39-23-13-12-22-38(39)31-45(44)49(34(33)2)41-26-27-48-51(40-24-14-15-25-47(40)58-48)52(41)53-43(36-18-8-4-9-19-36)32-42(35-16-6-3-7-17-35)50(37-20-10-5-11-21-37)54(53)46-28-29-55-57-56-46/h3-30,32H,31H2,1-2H3. The van der Waals surface area contributed by atoms with E-state index in [9.17, 15) is 0 Å². The maximum absolute atomic E-state index is 6.76. The summed E-state index contributed by atoms with van der Waals surface area (Å²) in [4.78, 5) is 0. The summed E-state index contributed by atoms with van der Waals surface area (Å²) in [6.07, 6.45) is 2.61. The van der Waals surface area contributed by atoms with Crippen molar-refractivity contribution in [2.45, 2.75) is 20.3 Å². The SMILES string of the molecule is Cc1cc2c(c(-c3ccc4oc5ccccc5c4c3-c3c(-c4ccccc4)cc(-c4ccccc4)c(-c4ccccc4)c3-c3ccnnn3)c1C)Cc1ccccc1-2. The number of aromatic nitrogens is 3. The molecule has 11 rings (SSSR count). The van der Waals surface area contributed by atoms with Crippen LogP contribution in [0, 0.1) is 13.8 Å². The molecule has 1 aliphatic carbocycles. The van der Waals surface area contributed by atoms with Gasteiger partial charge in [-0.05, 0) is 134 Å². The maximum atomic E-state index is 6.76. The Bertz CT molecular complexity index is 3190. The molecule has 0 N–H and O–H groups in total. The van der Waals surface area contributed by atoms with E-state index in [1.165, 1.54) is 38.9 Å². The van der Waals surface area contributed by atoms with E-state index in [-0.39, 0.29) is 0 Å². The third-order valence-corrected chi connectivity index (χ3v) is 12.0. The van der Waals surface area contributed by atoms with Gasteiger partial charge in [-0.1, -0.05) is 140 Å². The minimum absolute atomic E-state index is 0.744. The van der Waals surface area contributed by atoms with Crippen LogP contribution in [-0.4, -0.2) is 15.4 Å². The Morgan fingerprint density at radius 1 is 0.466 bits per heavy atom. The lowest BCUT2D eigenvalue weighted by Gasteiger charge is -2.26. The van der Waals surface area contributed by atoms with Crippen LogP contribution in [-0.2, 0) is 6.42 Å². The largest absolute Gasteiger partial charge is 0.456 e. The first kappa shape index (κ1) is 33.9. The molecule has 0 aliphatic heterocycles. The number of rotatable bonds is 6. The van der Waals surface area contributed by atoms with E-state index in [0.29, 0.717) is 0 Å². The van der Waals surface area contributed by atoms with Crippen molar-refractivity contribution in [1.82, 2.24) is 15.4 Å². The second-order valence-corrected chi connectivity index (χ2v) is 15.2. The fraction of sp³-hybridized carbons (Fsp3) is 0.0556. The van der Waals surface area contributed by atoms with Gasteiger partial charge in [0, 0.05) is 27.5 Å². The van der Waals surface area contributed by atoms with E-state index in [2.05, 4.69) is 188 Å². The molecule has 8 aromatic carbocycles. The van der Waals surface area contributed by atoms with Crippen LogP contribution in [0.2, 0.25) is 0 Å². The molecule has 0 bridgehead atoms. The summed E-state index contributed by atoms with van der Waals surface area (Å²) < 4.78 is 6.76. The van der Waals surface area contributed by atoms with Crippen LogP contribution in [0.1, 0.15) is 22.3 Å². The first-order chi connectivity index (χ1) is 28.6. The summed E-state index contributed by atoms with van der Waals surface area (Å²) >= 11 is 0. The Morgan fingerprint density at radius 2 is 1.12 bits per heavy atom. The predicted octanol–water partition coefficient (Wildman–Crippen LogP) is 14.0. The Kier molecular flexibility index (Phi) is 7.97. The molecule has 4 nitrogen and oxygen atoms in total. The molecule has 1 aliphatic rings. The lowest BCUT2D eigenvalue weighted by molar-refractivity contribution is 0.669. The summed E-state index contributed by atoms with van der Waals surface area (Å²) in [5.41, 5.74) is 22.5. The lowest BCUT2D eigenvalue weighted by atomic mass is 9.76.